The third-order valence-corrected chi connectivity index (χ3v) is 5.79. The van der Waals surface area contributed by atoms with Crippen molar-refractivity contribution in [2.75, 3.05) is 18.5 Å². The molecule has 1 amide bonds. The van der Waals surface area contributed by atoms with Gasteiger partial charge in [0.1, 0.15) is 12.4 Å². The van der Waals surface area contributed by atoms with Gasteiger partial charge in [0.25, 0.3) is 0 Å². The third kappa shape index (κ3) is 4.99. The first kappa shape index (κ1) is 21.6. The van der Waals surface area contributed by atoms with Gasteiger partial charge in [-0.2, -0.15) is 5.10 Å². The lowest BCUT2D eigenvalue weighted by Gasteiger charge is -2.16. The van der Waals surface area contributed by atoms with Crippen LogP contribution in [0.5, 0.6) is 5.75 Å². The van der Waals surface area contributed by atoms with Gasteiger partial charge in [-0.1, -0.05) is 11.6 Å². The van der Waals surface area contributed by atoms with E-state index in [0.717, 1.165) is 47.7 Å². The fourth-order valence-corrected chi connectivity index (χ4v) is 4.11. The summed E-state index contributed by atoms with van der Waals surface area (Å²) in [4.78, 5) is 17.3. The molecule has 1 aliphatic heterocycles. The quantitative estimate of drug-likeness (QED) is 0.585. The van der Waals surface area contributed by atoms with E-state index in [0.29, 0.717) is 35.9 Å². The minimum absolute atomic E-state index is 0.0959. The Labute approximate surface area is 186 Å². The Morgan fingerprint density at radius 2 is 2.16 bits per heavy atom. The molecule has 1 aliphatic rings. The van der Waals surface area contributed by atoms with Crippen molar-refractivity contribution in [3.05, 3.63) is 51.9 Å². The Morgan fingerprint density at radius 3 is 2.94 bits per heavy atom. The number of aromatic nitrogens is 3. The molecule has 1 fully saturated rings. The van der Waals surface area contributed by atoms with Crippen LogP contribution in [0.2, 0.25) is 5.02 Å². The number of carbonyl (C=O) groups is 1. The van der Waals surface area contributed by atoms with Gasteiger partial charge in [0, 0.05) is 35.5 Å². The molecule has 164 valence electrons. The molecule has 3 aromatic rings. The normalized spacial score (nSPS) is 16.1. The number of fused-ring (bicyclic) bond motifs is 1. The lowest BCUT2D eigenvalue weighted by Crippen LogP contribution is -2.18. The Morgan fingerprint density at radius 1 is 1.32 bits per heavy atom. The molecule has 0 radical (unpaired) electrons. The van der Waals surface area contributed by atoms with Crippen LogP contribution in [0, 0.1) is 20.8 Å². The number of aryl methyl sites for hydroxylation is 3. The smallest absolute Gasteiger partial charge is 0.224 e. The minimum atomic E-state index is -0.111. The molecule has 0 bridgehead atoms. The molecule has 0 saturated carbocycles. The van der Waals surface area contributed by atoms with Crippen LogP contribution in [-0.4, -0.2) is 39.8 Å². The van der Waals surface area contributed by atoms with E-state index in [4.69, 9.17) is 21.1 Å². The van der Waals surface area contributed by atoms with Crippen molar-refractivity contribution in [1.29, 1.82) is 0 Å². The molecule has 1 atom stereocenters. The first-order chi connectivity index (χ1) is 14.9. The zero-order valence-electron chi connectivity index (χ0n) is 18.1. The molecule has 31 heavy (non-hydrogen) atoms. The van der Waals surface area contributed by atoms with Crippen molar-refractivity contribution in [1.82, 2.24) is 14.6 Å². The van der Waals surface area contributed by atoms with Crippen LogP contribution >= 0.6 is 11.6 Å². The van der Waals surface area contributed by atoms with Gasteiger partial charge in [-0.3, -0.25) is 4.79 Å². The first-order valence-corrected chi connectivity index (χ1v) is 10.9. The standard InChI is InChI=1S/C23H27ClN4O3/c1-14-11-22-25-15(2)19(16(3)28(22)27-14)7-9-23(29)26-20-12-17(24)6-8-21(20)31-13-18-5-4-10-30-18/h6,8,11-12,18H,4-5,7,9-10,13H2,1-3H3,(H,26,29). The maximum atomic E-state index is 12.7. The second-order valence-corrected chi connectivity index (χ2v) is 8.39. The number of hydrogen-bond acceptors (Lipinski definition) is 5. The van der Waals surface area contributed by atoms with Crippen molar-refractivity contribution < 1.29 is 14.3 Å². The third-order valence-electron chi connectivity index (χ3n) is 5.55. The second kappa shape index (κ2) is 9.24. The lowest BCUT2D eigenvalue weighted by molar-refractivity contribution is -0.116. The van der Waals surface area contributed by atoms with Gasteiger partial charge in [0.05, 0.1) is 17.5 Å². The average Bonchev–Trinajstić information content (AvgIpc) is 3.36. The highest BCUT2D eigenvalue weighted by atomic mass is 35.5. The molecule has 4 rings (SSSR count). The van der Waals surface area contributed by atoms with Gasteiger partial charge in [0.2, 0.25) is 5.91 Å². The van der Waals surface area contributed by atoms with Crippen LogP contribution in [0.25, 0.3) is 5.65 Å². The Balaban J connectivity index is 1.43. The number of ether oxygens (including phenoxy) is 2. The van der Waals surface area contributed by atoms with Gasteiger partial charge in [-0.05, 0) is 63.8 Å². The number of carbonyl (C=O) groups excluding carboxylic acids is 1. The predicted octanol–water partition coefficient (Wildman–Crippen LogP) is 4.44. The summed E-state index contributed by atoms with van der Waals surface area (Å²) in [6.45, 7) is 7.15. The number of hydrogen-bond donors (Lipinski definition) is 1. The highest BCUT2D eigenvalue weighted by Crippen LogP contribution is 2.29. The summed E-state index contributed by atoms with van der Waals surface area (Å²) >= 11 is 6.15. The Hall–Kier alpha value is -2.64. The topological polar surface area (TPSA) is 77.8 Å². The fourth-order valence-electron chi connectivity index (χ4n) is 3.94. The molecule has 7 nitrogen and oxygen atoms in total. The van der Waals surface area contributed by atoms with E-state index in [-0.39, 0.29) is 12.0 Å². The first-order valence-electron chi connectivity index (χ1n) is 10.6. The zero-order valence-corrected chi connectivity index (χ0v) is 18.8. The van der Waals surface area contributed by atoms with Gasteiger partial charge < -0.3 is 14.8 Å². The van der Waals surface area contributed by atoms with Crippen LogP contribution in [0.4, 0.5) is 5.69 Å². The van der Waals surface area contributed by atoms with E-state index in [9.17, 15) is 4.79 Å². The molecule has 1 unspecified atom stereocenters. The second-order valence-electron chi connectivity index (χ2n) is 7.95. The van der Waals surface area contributed by atoms with E-state index in [1.54, 1.807) is 18.2 Å². The molecule has 1 saturated heterocycles. The maximum absolute atomic E-state index is 12.7. The lowest BCUT2D eigenvalue weighted by atomic mass is 10.1. The number of anilines is 1. The van der Waals surface area contributed by atoms with Gasteiger partial charge in [-0.25, -0.2) is 9.50 Å². The summed E-state index contributed by atoms with van der Waals surface area (Å²) in [5.41, 5.74) is 5.27. The molecule has 1 N–H and O–H groups in total. The average molecular weight is 443 g/mol. The SMILES string of the molecule is Cc1cc2nc(C)c(CCC(=O)Nc3cc(Cl)ccc3OCC3CCCO3)c(C)n2n1. The zero-order chi connectivity index (χ0) is 22.0. The van der Waals surface area contributed by atoms with Crippen LogP contribution in [0.3, 0.4) is 0 Å². The van der Waals surface area contributed by atoms with E-state index >= 15 is 0 Å². The molecule has 2 aromatic heterocycles. The van der Waals surface area contributed by atoms with E-state index in [1.165, 1.54) is 0 Å². The fraction of sp³-hybridized carbons (Fsp3) is 0.435. The van der Waals surface area contributed by atoms with Crippen LogP contribution in [0.15, 0.2) is 24.3 Å². The molecule has 1 aromatic carbocycles. The van der Waals surface area contributed by atoms with Crippen molar-refractivity contribution in [2.45, 2.75) is 52.6 Å². The van der Waals surface area contributed by atoms with Crippen molar-refractivity contribution in [3.8, 4) is 5.75 Å². The van der Waals surface area contributed by atoms with Crippen LogP contribution < -0.4 is 10.1 Å². The van der Waals surface area contributed by atoms with Gasteiger partial charge >= 0.3 is 0 Å². The summed E-state index contributed by atoms with van der Waals surface area (Å²) in [5, 5.41) is 7.98. The number of amides is 1. The van der Waals surface area contributed by atoms with Gasteiger partial charge in [0.15, 0.2) is 5.65 Å². The van der Waals surface area contributed by atoms with Crippen molar-refractivity contribution in [2.24, 2.45) is 0 Å². The van der Waals surface area contributed by atoms with Crippen molar-refractivity contribution >= 4 is 28.8 Å². The van der Waals surface area contributed by atoms with Crippen LogP contribution in [-0.2, 0) is 16.0 Å². The summed E-state index contributed by atoms with van der Waals surface area (Å²) in [6.07, 6.45) is 3.02. The van der Waals surface area contributed by atoms with Crippen LogP contribution in [0.1, 0.15) is 41.9 Å². The molecule has 8 heteroatoms. The highest BCUT2D eigenvalue weighted by molar-refractivity contribution is 6.31. The number of rotatable bonds is 7. The summed E-state index contributed by atoms with van der Waals surface area (Å²) in [5.74, 6) is 0.482. The van der Waals surface area contributed by atoms with Crippen molar-refractivity contribution in [3.63, 3.8) is 0 Å². The largest absolute Gasteiger partial charge is 0.489 e. The van der Waals surface area contributed by atoms with E-state index in [2.05, 4.69) is 15.4 Å². The molecule has 0 aliphatic carbocycles. The molecular formula is C23H27ClN4O3. The Kier molecular flexibility index (Phi) is 6.43. The summed E-state index contributed by atoms with van der Waals surface area (Å²) in [6, 6.07) is 7.19. The molecule has 3 heterocycles. The minimum Gasteiger partial charge on any atom is -0.489 e. The monoisotopic (exact) mass is 442 g/mol. The number of halogens is 1. The van der Waals surface area contributed by atoms with Gasteiger partial charge in [-0.15, -0.1) is 0 Å². The molecule has 0 spiro atoms. The summed E-state index contributed by atoms with van der Waals surface area (Å²) in [7, 11) is 0. The predicted molar refractivity (Wildman–Crippen MR) is 120 cm³/mol. The van der Waals surface area contributed by atoms with E-state index in [1.807, 2.05) is 31.4 Å². The number of nitrogens with one attached hydrogen (secondary N) is 1. The highest BCUT2D eigenvalue weighted by Gasteiger charge is 2.18. The number of nitrogens with zero attached hydrogens (tertiary/aromatic N) is 3. The number of benzene rings is 1. The molecular weight excluding hydrogens is 416 g/mol. The maximum Gasteiger partial charge on any atom is 0.224 e. The summed E-state index contributed by atoms with van der Waals surface area (Å²) < 4.78 is 13.4. The Bertz CT molecular complexity index is 1110. The van der Waals surface area contributed by atoms with E-state index < -0.39 is 0 Å².